The molecule has 2 aliphatic heterocycles. The minimum atomic E-state index is -0.169. The first kappa shape index (κ1) is 24.2. The summed E-state index contributed by atoms with van der Waals surface area (Å²) in [7, 11) is 0. The molecule has 0 bridgehead atoms. The molecule has 1 amide bonds. The number of hydrogen-bond donors (Lipinski definition) is 0. The molecule has 0 atom stereocenters. The second-order valence-electron chi connectivity index (χ2n) is 9.05. The molecule has 2 aromatic heterocycles. The molecule has 4 heterocycles. The Labute approximate surface area is 218 Å². The summed E-state index contributed by atoms with van der Waals surface area (Å²) in [5, 5.41) is 1.83. The van der Waals surface area contributed by atoms with Crippen LogP contribution < -0.4 is 10.5 Å². The normalized spacial score (nSPS) is 16.4. The fraction of sp³-hybridized carbons (Fsp3) is 0.400. The van der Waals surface area contributed by atoms with Crippen molar-refractivity contribution in [2.24, 2.45) is 0 Å². The molecule has 0 spiro atoms. The van der Waals surface area contributed by atoms with Crippen LogP contribution in [0, 0.1) is 6.92 Å². The van der Waals surface area contributed by atoms with Crippen molar-refractivity contribution in [3.8, 4) is 0 Å². The molecule has 0 aliphatic carbocycles. The number of amides is 1. The predicted octanol–water partition coefficient (Wildman–Crippen LogP) is 4.49. The lowest BCUT2D eigenvalue weighted by molar-refractivity contribution is -0.130. The largest absolute Gasteiger partial charge is 0.368 e. The molecule has 0 saturated carbocycles. The third kappa shape index (κ3) is 4.79. The number of aryl methyl sites for hydroxylation is 1. The number of thiophene rings is 1. The third-order valence-corrected chi connectivity index (χ3v) is 8.50. The van der Waals surface area contributed by atoms with Gasteiger partial charge in [-0.25, -0.2) is 4.98 Å². The van der Waals surface area contributed by atoms with Gasteiger partial charge in [0.05, 0.1) is 16.6 Å². The maximum absolute atomic E-state index is 13.3. The van der Waals surface area contributed by atoms with Gasteiger partial charge in [-0.05, 0) is 43.5 Å². The fourth-order valence-electron chi connectivity index (χ4n) is 4.86. The van der Waals surface area contributed by atoms with E-state index in [4.69, 9.17) is 23.2 Å². The van der Waals surface area contributed by atoms with Crippen LogP contribution in [0.4, 0.5) is 5.69 Å². The zero-order valence-electron chi connectivity index (χ0n) is 19.6. The lowest BCUT2D eigenvalue weighted by atomic mass is 10.1. The molecule has 3 aromatic rings. The van der Waals surface area contributed by atoms with Crippen molar-refractivity contribution in [2.45, 2.75) is 26.3 Å². The van der Waals surface area contributed by atoms with E-state index in [0.717, 1.165) is 73.9 Å². The predicted molar refractivity (Wildman–Crippen MR) is 144 cm³/mol. The molecule has 0 N–H and O–H groups in total. The van der Waals surface area contributed by atoms with E-state index in [1.807, 2.05) is 24.0 Å². The second-order valence-corrected chi connectivity index (χ2v) is 10.9. The highest BCUT2D eigenvalue weighted by atomic mass is 35.5. The number of rotatable bonds is 5. The Kier molecular flexibility index (Phi) is 6.79. The van der Waals surface area contributed by atoms with Crippen molar-refractivity contribution < 1.29 is 4.79 Å². The van der Waals surface area contributed by atoms with Crippen LogP contribution in [-0.2, 0) is 11.3 Å². The molecule has 35 heavy (non-hydrogen) atoms. The molecule has 5 rings (SSSR count). The van der Waals surface area contributed by atoms with Crippen molar-refractivity contribution in [1.82, 2.24) is 19.4 Å². The Bertz CT molecular complexity index is 1330. The molecule has 1 aromatic carbocycles. The van der Waals surface area contributed by atoms with E-state index in [-0.39, 0.29) is 18.0 Å². The molecule has 0 radical (unpaired) electrons. The summed E-state index contributed by atoms with van der Waals surface area (Å²) in [5.74, 6) is -0.0258. The highest BCUT2D eigenvalue weighted by Gasteiger charge is 2.24. The number of carbonyl (C=O) groups is 1. The van der Waals surface area contributed by atoms with E-state index in [2.05, 4.69) is 21.4 Å². The second kappa shape index (κ2) is 9.84. The number of hydrogen-bond acceptors (Lipinski definition) is 6. The van der Waals surface area contributed by atoms with Crippen LogP contribution in [0.1, 0.15) is 23.3 Å². The summed E-state index contributed by atoms with van der Waals surface area (Å²) in [6, 6.07) is 5.59. The Morgan fingerprint density at radius 1 is 1.03 bits per heavy atom. The van der Waals surface area contributed by atoms with Crippen LogP contribution in [-0.4, -0.2) is 64.5 Å². The molecule has 7 nitrogen and oxygen atoms in total. The Morgan fingerprint density at radius 2 is 1.69 bits per heavy atom. The number of fused-ring (bicyclic) bond motifs is 1. The average molecular weight is 532 g/mol. The minimum Gasteiger partial charge on any atom is -0.368 e. The van der Waals surface area contributed by atoms with E-state index < -0.39 is 0 Å². The summed E-state index contributed by atoms with van der Waals surface area (Å²) in [6.07, 6.45) is 3.54. The fourth-order valence-corrected chi connectivity index (χ4v) is 6.51. The summed E-state index contributed by atoms with van der Waals surface area (Å²) in [6.45, 7) is 11.1. The summed E-state index contributed by atoms with van der Waals surface area (Å²) in [5.41, 5.74) is 2.62. The lowest BCUT2D eigenvalue weighted by Gasteiger charge is -2.38. The first-order chi connectivity index (χ1) is 16.8. The Hall–Kier alpha value is -2.55. The van der Waals surface area contributed by atoms with Gasteiger partial charge in [0.2, 0.25) is 5.91 Å². The van der Waals surface area contributed by atoms with Crippen LogP contribution in [0.25, 0.3) is 15.9 Å². The quantitative estimate of drug-likeness (QED) is 0.485. The monoisotopic (exact) mass is 531 g/mol. The molecule has 184 valence electrons. The molecule has 2 fully saturated rings. The van der Waals surface area contributed by atoms with Crippen LogP contribution in [0.3, 0.4) is 0 Å². The zero-order chi connectivity index (χ0) is 24.7. The molecule has 10 heteroatoms. The van der Waals surface area contributed by atoms with Gasteiger partial charge in [-0.15, -0.1) is 11.3 Å². The van der Waals surface area contributed by atoms with Crippen molar-refractivity contribution in [1.29, 1.82) is 0 Å². The van der Waals surface area contributed by atoms with Crippen molar-refractivity contribution >= 4 is 62.0 Å². The van der Waals surface area contributed by atoms with E-state index in [1.54, 1.807) is 6.07 Å². The van der Waals surface area contributed by atoms with E-state index in [0.29, 0.717) is 20.3 Å². The first-order valence-corrected chi connectivity index (χ1v) is 13.3. The van der Waals surface area contributed by atoms with Crippen molar-refractivity contribution in [2.75, 3.05) is 44.2 Å². The maximum atomic E-state index is 13.3. The van der Waals surface area contributed by atoms with Gasteiger partial charge in [-0.1, -0.05) is 29.8 Å². The van der Waals surface area contributed by atoms with Crippen LogP contribution >= 0.6 is 34.5 Å². The number of aromatic nitrogens is 2. The Balaban J connectivity index is 1.33. The number of halogens is 2. The minimum absolute atomic E-state index is 0.0258. The number of anilines is 1. The number of benzene rings is 1. The smallest absolute Gasteiger partial charge is 0.262 e. The number of likely N-dealkylation sites (tertiary alicyclic amines) is 1. The topological polar surface area (TPSA) is 61.7 Å². The van der Waals surface area contributed by atoms with Gasteiger partial charge < -0.3 is 14.7 Å². The van der Waals surface area contributed by atoms with Gasteiger partial charge in [-0.3, -0.25) is 14.2 Å². The standard InChI is InChI=1S/C25H27Cl2N5O2S/c1-16-22-24(28-15-32(25(22)34)14-21(33)31-5-3-4-6-31)35-23(16)17(2)29-7-9-30(10-8-29)20-12-18(26)11-19(27)13-20/h11-13,15H,2-10,14H2,1H3. The van der Waals surface area contributed by atoms with Gasteiger partial charge in [-0.2, -0.15) is 0 Å². The highest BCUT2D eigenvalue weighted by Crippen LogP contribution is 2.34. The number of piperazine rings is 1. The zero-order valence-corrected chi connectivity index (χ0v) is 21.9. The van der Waals surface area contributed by atoms with Gasteiger partial charge in [0.1, 0.15) is 11.4 Å². The van der Waals surface area contributed by atoms with E-state index in [9.17, 15) is 9.59 Å². The average Bonchev–Trinajstić information content (AvgIpc) is 3.49. The van der Waals surface area contributed by atoms with Crippen molar-refractivity contribution in [3.63, 3.8) is 0 Å². The SMILES string of the molecule is C=C(c1sc2ncn(CC(=O)N3CCCC3)c(=O)c2c1C)N1CCN(c2cc(Cl)cc(Cl)c2)CC1. The maximum Gasteiger partial charge on any atom is 0.262 e. The third-order valence-electron chi connectivity index (χ3n) is 6.82. The lowest BCUT2D eigenvalue weighted by Crippen LogP contribution is -2.45. The highest BCUT2D eigenvalue weighted by molar-refractivity contribution is 7.19. The van der Waals surface area contributed by atoms with E-state index in [1.165, 1.54) is 22.2 Å². The van der Waals surface area contributed by atoms with Gasteiger partial charge in [0.25, 0.3) is 5.56 Å². The molecular weight excluding hydrogens is 505 g/mol. The summed E-state index contributed by atoms with van der Waals surface area (Å²) >= 11 is 13.8. The number of carbonyl (C=O) groups excluding carboxylic acids is 1. The molecule has 2 saturated heterocycles. The van der Waals surface area contributed by atoms with Gasteiger partial charge in [0.15, 0.2) is 0 Å². The van der Waals surface area contributed by atoms with Crippen LogP contribution in [0.2, 0.25) is 10.0 Å². The molecule has 0 unspecified atom stereocenters. The van der Waals surface area contributed by atoms with Gasteiger partial charge >= 0.3 is 0 Å². The number of nitrogens with zero attached hydrogens (tertiary/aromatic N) is 5. The molecule has 2 aliphatic rings. The summed E-state index contributed by atoms with van der Waals surface area (Å²) in [4.78, 5) is 38.3. The molecular formula is C25H27Cl2N5O2S. The Morgan fingerprint density at radius 3 is 2.34 bits per heavy atom. The first-order valence-electron chi connectivity index (χ1n) is 11.7. The summed E-state index contributed by atoms with van der Waals surface area (Å²) < 4.78 is 1.43. The van der Waals surface area contributed by atoms with E-state index >= 15 is 0 Å². The van der Waals surface area contributed by atoms with Crippen LogP contribution in [0.5, 0.6) is 0 Å². The van der Waals surface area contributed by atoms with Crippen molar-refractivity contribution in [3.05, 3.63) is 61.9 Å². The van der Waals surface area contributed by atoms with Crippen LogP contribution in [0.15, 0.2) is 35.9 Å². The van der Waals surface area contributed by atoms with Gasteiger partial charge in [0, 0.05) is 60.7 Å².